The Morgan fingerprint density at radius 2 is 2.00 bits per heavy atom. The Morgan fingerprint density at radius 1 is 1.31 bits per heavy atom. The van der Waals surface area contributed by atoms with Gasteiger partial charge in [-0.05, 0) is 20.3 Å². The van der Waals surface area contributed by atoms with E-state index in [2.05, 4.69) is 18.7 Å². The largest absolute Gasteiger partial charge is 0.379 e. The van der Waals surface area contributed by atoms with Crippen LogP contribution in [0.3, 0.4) is 0 Å². The van der Waals surface area contributed by atoms with Gasteiger partial charge in [0.2, 0.25) is 0 Å². The summed E-state index contributed by atoms with van der Waals surface area (Å²) in [5, 5.41) is 0. The lowest BCUT2D eigenvalue weighted by molar-refractivity contribution is 0.0266. The lowest BCUT2D eigenvalue weighted by atomic mass is 10.3. The van der Waals surface area contributed by atoms with Gasteiger partial charge in [-0.3, -0.25) is 4.90 Å². The Labute approximate surface area is 81.0 Å². The van der Waals surface area contributed by atoms with Crippen molar-refractivity contribution in [3.05, 3.63) is 0 Å². The van der Waals surface area contributed by atoms with Crippen molar-refractivity contribution < 1.29 is 9.47 Å². The van der Waals surface area contributed by atoms with Gasteiger partial charge in [0.05, 0.1) is 19.3 Å². The molecule has 3 nitrogen and oxygen atoms in total. The summed E-state index contributed by atoms with van der Waals surface area (Å²) in [6.45, 7) is 10.1. The van der Waals surface area contributed by atoms with E-state index < -0.39 is 0 Å². The molecule has 0 aromatic rings. The molecule has 0 aromatic carbocycles. The first-order chi connectivity index (χ1) is 6.29. The predicted molar refractivity (Wildman–Crippen MR) is 53.0 cm³/mol. The molecule has 1 rings (SSSR count). The standard InChI is InChI=1S/C10H21NO2/c1-10(2)13-7-3-4-11-5-8-12-9-6-11/h10H,3-9H2,1-2H3. The van der Waals surface area contributed by atoms with Gasteiger partial charge in [-0.2, -0.15) is 0 Å². The van der Waals surface area contributed by atoms with E-state index in [1.807, 2.05) is 0 Å². The normalized spacial score (nSPS) is 19.6. The van der Waals surface area contributed by atoms with Gasteiger partial charge in [-0.1, -0.05) is 0 Å². The molecule has 1 aliphatic rings. The number of morpholine rings is 1. The Balaban J connectivity index is 1.92. The lowest BCUT2D eigenvalue weighted by Crippen LogP contribution is -2.37. The number of hydrogen-bond acceptors (Lipinski definition) is 3. The monoisotopic (exact) mass is 187 g/mol. The molecule has 0 aliphatic carbocycles. The van der Waals surface area contributed by atoms with E-state index in [1.165, 1.54) is 0 Å². The van der Waals surface area contributed by atoms with E-state index in [0.29, 0.717) is 6.10 Å². The Kier molecular flexibility index (Phi) is 5.35. The lowest BCUT2D eigenvalue weighted by Gasteiger charge is -2.26. The van der Waals surface area contributed by atoms with Crippen LogP contribution in [0.25, 0.3) is 0 Å². The summed E-state index contributed by atoms with van der Waals surface area (Å²) in [6, 6.07) is 0. The summed E-state index contributed by atoms with van der Waals surface area (Å²) >= 11 is 0. The summed E-state index contributed by atoms with van der Waals surface area (Å²) in [4.78, 5) is 2.44. The number of rotatable bonds is 5. The minimum atomic E-state index is 0.365. The van der Waals surface area contributed by atoms with Crippen molar-refractivity contribution in [3.8, 4) is 0 Å². The molecule has 0 atom stereocenters. The zero-order valence-electron chi connectivity index (χ0n) is 8.79. The average molecular weight is 187 g/mol. The van der Waals surface area contributed by atoms with Crippen molar-refractivity contribution in [2.24, 2.45) is 0 Å². The summed E-state index contributed by atoms with van der Waals surface area (Å²) in [7, 11) is 0. The van der Waals surface area contributed by atoms with Gasteiger partial charge in [-0.25, -0.2) is 0 Å². The molecule has 1 heterocycles. The highest BCUT2D eigenvalue weighted by Crippen LogP contribution is 1.98. The predicted octanol–water partition coefficient (Wildman–Crippen LogP) is 1.13. The summed E-state index contributed by atoms with van der Waals surface area (Å²) in [5.41, 5.74) is 0. The summed E-state index contributed by atoms with van der Waals surface area (Å²) in [6.07, 6.45) is 1.50. The molecule has 0 radical (unpaired) electrons. The fraction of sp³-hybridized carbons (Fsp3) is 1.00. The van der Waals surface area contributed by atoms with Gasteiger partial charge in [-0.15, -0.1) is 0 Å². The Morgan fingerprint density at radius 3 is 2.62 bits per heavy atom. The van der Waals surface area contributed by atoms with Crippen LogP contribution in [-0.2, 0) is 9.47 Å². The fourth-order valence-corrected chi connectivity index (χ4v) is 1.43. The van der Waals surface area contributed by atoms with E-state index in [0.717, 1.165) is 45.9 Å². The molecular weight excluding hydrogens is 166 g/mol. The van der Waals surface area contributed by atoms with Gasteiger partial charge in [0.25, 0.3) is 0 Å². The molecule has 0 N–H and O–H groups in total. The third-order valence-electron chi connectivity index (χ3n) is 2.17. The molecule has 0 spiro atoms. The Hall–Kier alpha value is -0.120. The topological polar surface area (TPSA) is 21.7 Å². The second-order valence-corrected chi connectivity index (χ2v) is 3.73. The minimum Gasteiger partial charge on any atom is -0.379 e. The third kappa shape index (κ3) is 5.24. The smallest absolute Gasteiger partial charge is 0.0594 e. The molecule has 0 amide bonds. The van der Waals surface area contributed by atoms with Crippen LogP contribution in [0.5, 0.6) is 0 Å². The molecule has 0 saturated carbocycles. The van der Waals surface area contributed by atoms with Crippen molar-refractivity contribution in [1.82, 2.24) is 4.90 Å². The van der Waals surface area contributed by atoms with Crippen LogP contribution in [0, 0.1) is 0 Å². The van der Waals surface area contributed by atoms with Crippen LogP contribution in [0.1, 0.15) is 20.3 Å². The van der Waals surface area contributed by atoms with Crippen molar-refractivity contribution >= 4 is 0 Å². The molecule has 1 fully saturated rings. The Bertz CT molecular complexity index is 122. The van der Waals surface area contributed by atoms with Crippen LogP contribution in [0.2, 0.25) is 0 Å². The molecule has 0 unspecified atom stereocenters. The molecule has 0 aromatic heterocycles. The third-order valence-corrected chi connectivity index (χ3v) is 2.17. The van der Waals surface area contributed by atoms with Gasteiger partial charge >= 0.3 is 0 Å². The maximum atomic E-state index is 5.47. The molecule has 1 saturated heterocycles. The first-order valence-corrected chi connectivity index (χ1v) is 5.21. The van der Waals surface area contributed by atoms with Gasteiger partial charge < -0.3 is 9.47 Å². The van der Waals surface area contributed by atoms with Crippen molar-refractivity contribution in [2.75, 3.05) is 39.5 Å². The molecule has 0 bridgehead atoms. The first-order valence-electron chi connectivity index (χ1n) is 5.21. The molecule has 1 aliphatic heterocycles. The van der Waals surface area contributed by atoms with Crippen LogP contribution in [0.4, 0.5) is 0 Å². The number of nitrogens with zero attached hydrogens (tertiary/aromatic N) is 1. The molecule has 78 valence electrons. The molecule has 13 heavy (non-hydrogen) atoms. The first kappa shape index (κ1) is 11.0. The zero-order chi connectivity index (χ0) is 9.52. The van der Waals surface area contributed by atoms with Gasteiger partial charge in [0.1, 0.15) is 0 Å². The molecular formula is C10H21NO2. The maximum Gasteiger partial charge on any atom is 0.0594 e. The van der Waals surface area contributed by atoms with E-state index in [4.69, 9.17) is 9.47 Å². The highest BCUT2D eigenvalue weighted by molar-refractivity contribution is 4.61. The van der Waals surface area contributed by atoms with Crippen molar-refractivity contribution in [2.45, 2.75) is 26.4 Å². The van der Waals surface area contributed by atoms with Crippen LogP contribution >= 0.6 is 0 Å². The average Bonchev–Trinajstić information content (AvgIpc) is 2.14. The number of hydrogen-bond donors (Lipinski definition) is 0. The van der Waals surface area contributed by atoms with E-state index in [9.17, 15) is 0 Å². The maximum absolute atomic E-state index is 5.47. The highest BCUT2D eigenvalue weighted by Gasteiger charge is 2.08. The zero-order valence-corrected chi connectivity index (χ0v) is 8.79. The second-order valence-electron chi connectivity index (χ2n) is 3.73. The molecule has 3 heteroatoms. The number of ether oxygens (including phenoxy) is 2. The highest BCUT2D eigenvalue weighted by atomic mass is 16.5. The minimum absolute atomic E-state index is 0.365. The second kappa shape index (κ2) is 6.35. The van der Waals surface area contributed by atoms with Gasteiger partial charge in [0.15, 0.2) is 0 Å². The van der Waals surface area contributed by atoms with E-state index in [1.54, 1.807) is 0 Å². The van der Waals surface area contributed by atoms with Crippen LogP contribution < -0.4 is 0 Å². The van der Waals surface area contributed by atoms with Crippen molar-refractivity contribution in [1.29, 1.82) is 0 Å². The quantitative estimate of drug-likeness (QED) is 0.602. The van der Waals surface area contributed by atoms with Gasteiger partial charge in [0, 0.05) is 26.2 Å². The summed E-state index contributed by atoms with van der Waals surface area (Å²) in [5.74, 6) is 0. The summed E-state index contributed by atoms with van der Waals surface area (Å²) < 4.78 is 10.7. The van der Waals surface area contributed by atoms with Crippen LogP contribution in [0.15, 0.2) is 0 Å². The van der Waals surface area contributed by atoms with Crippen LogP contribution in [-0.4, -0.2) is 50.5 Å². The van der Waals surface area contributed by atoms with E-state index >= 15 is 0 Å². The van der Waals surface area contributed by atoms with E-state index in [-0.39, 0.29) is 0 Å². The van der Waals surface area contributed by atoms with Crippen molar-refractivity contribution in [3.63, 3.8) is 0 Å². The fourth-order valence-electron chi connectivity index (χ4n) is 1.43. The SMILES string of the molecule is CC(C)OCCCN1CCOCC1.